The van der Waals surface area contributed by atoms with Gasteiger partial charge in [0.15, 0.2) is 5.75 Å². The number of nitriles is 1. The summed E-state index contributed by atoms with van der Waals surface area (Å²) >= 11 is 12.2. The van der Waals surface area contributed by atoms with Crippen LogP contribution < -0.4 is 10.5 Å². The zero-order valence-corrected chi connectivity index (χ0v) is 14.3. The number of ether oxygens (including phenoxy) is 1. The van der Waals surface area contributed by atoms with Gasteiger partial charge in [-0.15, -0.1) is 0 Å². The maximum atomic E-state index is 9.61. The fourth-order valence-electron chi connectivity index (χ4n) is 3.09. The summed E-state index contributed by atoms with van der Waals surface area (Å²) < 4.78 is 5.77. The van der Waals surface area contributed by atoms with Gasteiger partial charge in [-0.2, -0.15) is 5.26 Å². The van der Waals surface area contributed by atoms with Crippen molar-refractivity contribution in [3.63, 3.8) is 0 Å². The number of aromatic nitrogens is 1. The number of nitrogens with two attached hydrogens (primary N) is 1. The molecule has 0 aliphatic carbocycles. The number of halogens is 2. The number of hydrogen-bond acceptors (Lipinski definition) is 4. The Hall–Kier alpha value is -2.74. The van der Waals surface area contributed by atoms with Crippen LogP contribution in [0, 0.1) is 11.3 Å². The van der Waals surface area contributed by atoms with Crippen molar-refractivity contribution in [3.05, 3.63) is 81.3 Å². The van der Waals surface area contributed by atoms with Crippen molar-refractivity contribution < 1.29 is 4.74 Å². The van der Waals surface area contributed by atoms with Crippen LogP contribution in [0.3, 0.4) is 0 Å². The number of fused-ring (bicyclic) bond motifs is 3. The summed E-state index contributed by atoms with van der Waals surface area (Å²) in [5.41, 5.74) is 8.70. The highest BCUT2D eigenvalue weighted by Gasteiger charge is 2.32. The second-order valence-corrected chi connectivity index (χ2v) is 6.47. The number of allylic oxidation sites excluding steroid dienone is 1. The average molecular weight is 368 g/mol. The van der Waals surface area contributed by atoms with Gasteiger partial charge in [-0.05, 0) is 23.8 Å². The quantitative estimate of drug-likeness (QED) is 0.672. The summed E-state index contributed by atoms with van der Waals surface area (Å²) in [6.45, 7) is 0. The lowest BCUT2D eigenvalue weighted by atomic mass is 9.83. The first-order valence-electron chi connectivity index (χ1n) is 7.50. The van der Waals surface area contributed by atoms with E-state index in [1.165, 1.54) is 0 Å². The number of rotatable bonds is 1. The molecule has 0 fully saturated rings. The lowest BCUT2D eigenvalue weighted by molar-refractivity contribution is 0.397. The molecule has 4 nitrogen and oxygen atoms in total. The Morgan fingerprint density at radius 2 is 1.96 bits per heavy atom. The first-order valence-corrected chi connectivity index (χ1v) is 8.26. The van der Waals surface area contributed by atoms with Crippen LogP contribution in [0.2, 0.25) is 10.0 Å². The fourth-order valence-corrected chi connectivity index (χ4v) is 3.40. The van der Waals surface area contributed by atoms with E-state index >= 15 is 0 Å². The van der Waals surface area contributed by atoms with Crippen LogP contribution in [0.1, 0.15) is 17.0 Å². The van der Waals surface area contributed by atoms with E-state index in [4.69, 9.17) is 33.7 Å². The first-order chi connectivity index (χ1) is 12.1. The third-order valence-corrected chi connectivity index (χ3v) is 4.97. The van der Waals surface area contributed by atoms with Crippen LogP contribution in [0.25, 0.3) is 10.9 Å². The minimum atomic E-state index is -0.394. The summed E-state index contributed by atoms with van der Waals surface area (Å²) in [6, 6.07) is 15.1. The minimum Gasteiger partial charge on any atom is -0.438 e. The monoisotopic (exact) mass is 367 g/mol. The van der Waals surface area contributed by atoms with E-state index in [1.54, 1.807) is 18.3 Å². The lowest BCUT2D eigenvalue weighted by Crippen LogP contribution is -2.21. The summed E-state index contributed by atoms with van der Waals surface area (Å²) in [6.07, 6.45) is 1.69. The molecule has 6 heteroatoms. The molecule has 0 spiro atoms. The lowest BCUT2D eigenvalue weighted by Gasteiger charge is -2.27. The first kappa shape index (κ1) is 15.8. The highest BCUT2D eigenvalue weighted by atomic mass is 35.5. The molecule has 1 aromatic heterocycles. The highest BCUT2D eigenvalue weighted by Crippen LogP contribution is 2.45. The minimum absolute atomic E-state index is 0.0734. The van der Waals surface area contributed by atoms with Crippen molar-refractivity contribution in [1.82, 2.24) is 4.98 Å². The SMILES string of the molecule is N#CC1=C(N)Oc2c(ccc3cccnc23)[C@H]1c1ccc(Cl)c(Cl)c1. The van der Waals surface area contributed by atoms with Crippen molar-refractivity contribution in [3.8, 4) is 11.8 Å². The standard InChI is InChI=1S/C19H11Cl2N3O/c20-14-6-4-11(8-15(14)21)16-12-5-3-10-2-1-7-24-17(10)18(12)25-19(23)13(16)9-22/h1-8,16H,23H2/t16-/m1/s1. The van der Waals surface area contributed by atoms with Crippen molar-refractivity contribution >= 4 is 34.1 Å². The van der Waals surface area contributed by atoms with E-state index in [2.05, 4.69) is 11.1 Å². The van der Waals surface area contributed by atoms with Crippen LogP contribution in [-0.2, 0) is 0 Å². The summed E-state index contributed by atoms with van der Waals surface area (Å²) in [5.74, 6) is 0.241. The molecule has 0 bridgehead atoms. The predicted molar refractivity (Wildman–Crippen MR) is 97.5 cm³/mol. The smallest absolute Gasteiger partial charge is 0.205 e. The summed E-state index contributed by atoms with van der Waals surface area (Å²) in [7, 11) is 0. The van der Waals surface area contributed by atoms with Gasteiger partial charge in [-0.25, -0.2) is 0 Å². The van der Waals surface area contributed by atoms with Gasteiger partial charge in [-0.1, -0.05) is 47.5 Å². The maximum absolute atomic E-state index is 9.61. The molecule has 0 unspecified atom stereocenters. The molecular formula is C19H11Cl2N3O. The van der Waals surface area contributed by atoms with E-state index < -0.39 is 5.92 Å². The summed E-state index contributed by atoms with van der Waals surface area (Å²) in [4.78, 5) is 4.41. The largest absolute Gasteiger partial charge is 0.438 e. The molecule has 1 aliphatic rings. The Morgan fingerprint density at radius 3 is 2.72 bits per heavy atom. The van der Waals surface area contributed by atoms with E-state index in [0.29, 0.717) is 26.9 Å². The summed E-state index contributed by atoms with van der Waals surface area (Å²) in [5, 5.41) is 11.4. The average Bonchev–Trinajstić information content (AvgIpc) is 2.63. The van der Waals surface area contributed by atoms with Crippen LogP contribution in [0.15, 0.2) is 60.1 Å². The van der Waals surface area contributed by atoms with Crippen molar-refractivity contribution in [1.29, 1.82) is 5.26 Å². The molecule has 3 aromatic rings. The normalized spacial score (nSPS) is 16.3. The van der Waals surface area contributed by atoms with Gasteiger partial charge in [-0.3, -0.25) is 4.98 Å². The zero-order chi connectivity index (χ0) is 17.6. The molecule has 4 rings (SSSR count). The maximum Gasteiger partial charge on any atom is 0.205 e. The van der Waals surface area contributed by atoms with Crippen LogP contribution >= 0.6 is 23.2 Å². The molecule has 2 heterocycles. The topological polar surface area (TPSA) is 71.9 Å². The van der Waals surface area contributed by atoms with E-state index in [1.807, 2.05) is 30.3 Å². The van der Waals surface area contributed by atoms with Gasteiger partial charge < -0.3 is 10.5 Å². The Balaban J connectivity index is 2.01. The van der Waals surface area contributed by atoms with E-state index in [-0.39, 0.29) is 5.88 Å². The van der Waals surface area contributed by atoms with Gasteiger partial charge in [0.2, 0.25) is 5.88 Å². The number of benzene rings is 2. The fraction of sp³-hybridized carbons (Fsp3) is 0.0526. The van der Waals surface area contributed by atoms with Gasteiger partial charge in [0, 0.05) is 17.1 Å². The van der Waals surface area contributed by atoms with Gasteiger partial charge >= 0.3 is 0 Å². The van der Waals surface area contributed by atoms with Crippen molar-refractivity contribution in [2.24, 2.45) is 5.73 Å². The Labute approximate surface area is 154 Å². The molecule has 1 aliphatic heterocycles. The molecule has 2 N–H and O–H groups in total. The van der Waals surface area contributed by atoms with Crippen LogP contribution in [0.5, 0.6) is 5.75 Å². The third kappa shape index (κ3) is 2.49. The van der Waals surface area contributed by atoms with Crippen LogP contribution in [-0.4, -0.2) is 4.98 Å². The number of pyridine rings is 1. The van der Waals surface area contributed by atoms with Gasteiger partial charge in [0.05, 0.1) is 16.0 Å². The molecule has 122 valence electrons. The van der Waals surface area contributed by atoms with Gasteiger partial charge in [0.25, 0.3) is 0 Å². The van der Waals surface area contributed by atoms with Crippen molar-refractivity contribution in [2.75, 3.05) is 0 Å². The number of hydrogen-bond donors (Lipinski definition) is 1. The molecule has 0 amide bonds. The zero-order valence-electron chi connectivity index (χ0n) is 12.8. The number of nitrogens with zero attached hydrogens (tertiary/aromatic N) is 2. The second kappa shape index (κ2) is 5.96. The van der Waals surface area contributed by atoms with Crippen LogP contribution in [0.4, 0.5) is 0 Å². The predicted octanol–water partition coefficient (Wildman–Crippen LogP) is 4.76. The molecular weight excluding hydrogens is 357 g/mol. The Bertz CT molecular complexity index is 1090. The van der Waals surface area contributed by atoms with Gasteiger partial charge in [0.1, 0.15) is 17.2 Å². The molecule has 0 saturated carbocycles. The highest BCUT2D eigenvalue weighted by molar-refractivity contribution is 6.42. The molecule has 0 saturated heterocycles. The molecule has 2 aromatic carbocycles. The molecule has 0 radical (unpaired) electrons. The van der Waals surface area contributed by atoms with Crippen molar-refractivity contribution in [2.45, 2.75) is 5.92 Å². The van der Waals surface area contributed by atoms with E-state index in [9.17, 15) is 5.26 Å². The third-order valence-electron chi connectivity index (χ3n) is 4.23. The Kier molecular flexibility index (Phi) is 3.76. The molecule has 1 atom stereocenters. The Morgan fingerprint density at radius 1 is 1.12 bits per heavy atom. The van der Waals surface area contributed by atoms with E-state index in [0.717, 1.165) is 16.5 Å². The molecule has 25 heavy (non-hydrogen) atoms. The second-order valence-electron chi connectivity index (χ2n) is 5.66.